The quantitative estimate of drug-likeness (QED) is 0.820. The van der Waals surface area contributed by atoms with E-state index >= 15 is 0 Å². The summed E-state index contributed by atoms with van der Waals surface area (Å²) in [5, 5.41) is 13.7. The van der Waals surface area contributed by atoms with Gasteiger partial charge < -0.3 is 9.84 Å². The molecule has 1 aromatic heterocycles. The summed E-state index contributed by atoms with van der Waals surface area (Å²) in [4.78, 5) is 11.7. The van der Waals surface area contributed by atoms with Crippen molar-refractivity contribution in [3.8, 4) is 5.75 Å². The number of rotatable bonds is 5. The van der Waals surface area contributed by atoms with Gasteiger partial charge in [-0.25, -0.2) is 8.42 Å². The highest BCUT2D eigenvalue weighted by Gasteiger charge is 2.32. The molecule has 0 radical (unpaired) electrons. The Kier molecular flexibility index (Phi) is 4.29. The van der Waals surface area contributed by atoms with E-state index in [-0.39, 0.29) is 4.90 Å². The molecule has 2 aromatic rings. The minimum atomic E-state index is -4.02. The Morgan fingerprint density at radius 2 is 2.12 bits per heavy atom. The molecule has 1 atom stereocenters. The summed E-state index contributed by atoms with van der Waals surface area (Å²) in [5.74, 6) is -0.625. The molecule has 0 spiro atoms. The fourth-order valence-corrected chi connectivity index (χ4v) is 4.20. The first-order chi connectivity index (χ1) is 11.7. The molecule has 1 aromatic carbocycles. The third kappa shape index (κ3) is 3.12. The van der Waals surface area contributed by atoms with Gasteiger partial charge in [0.05, 0.1) is 17.2 Å². The van der Waals surface area contributed by atoms with Gasteiger partial charge in [-0.1, -0.05) is 0 Å². The standard InChI is InChI=1S/C16H19N3O5S/c1-9-14(10(2)19(3)17-9)15(16(20)21)18-25(22,23)12-4-5-13-11(8-12)6-7-24-13/h4-5,8,15,18H,6-7H2,1-3H3,(H,20,21). The van der Waals surface area contributed by atoms with Gasteiger partial charge in [0.2, 0.25) is 10.0 Å². The monoisotopic (exact) mass is 365 g/mol. The summed E-state index contributed by atoms with van der Waals surface area (Å²) in [5.41, 5.74) is 2.21. The van der Waals surface area contributed by atoms with Crippen LogP contribution in [0.5, 0.6) is 5.75 Å². The molecule has 8 nitrogen and oxygen atoms in total. The Labute approximate surface area is 145 Å². The van der Waals surface area contributed by atoms with Crippen LogP contribution >= 0.6 is 0 Å². The zero-order valence-corrected chi connectivity index (χ0v) is 14.9. The number of nitrogens with zero attached hydrogens (tertiary/aromatic N) is 2. The smallest absolute Gasteiger partial charge is 0.326 e. The number of fused-ring (bicyclic) bond motifs is 1. The van der Waals surface area contributed by atoms with E-state index in [4.69, 9.17) is 4.74 Å². The Balaban J connectivity index is 1.98. The Morgan fingerprint density at radius 3 is 2.72 bits per heavy atom. The second kappa shape index (κ2) is 6.16. The lowest BCUT2D eigenvalue weighted by Gasteiger charge is -2.16. The molecular formula is C16H19N3O5S. The van der Waals surface area contributed by atoms with E-state index in [0.29, 0.717) is 35.7 Å². The van der Waals surface area contributed by atoms with Crippen molar-refractivity contribution in [3.05, 3.63) is 40.7 Å². The number of hydrogen-bond donors (Lipinski definition) is 2. The average Bonchev–Trinajstić information content (AvgIpc) is 3.09. The van der Waals surface area contributed by atoms with Crippen LogP contribution in [0.15, 0.2) is 23.1 Å². The lowest BCUT2D eigenvalue weighted by atomic mass is 10.1. The molecule has 1 unspecified atom stereocenters. The predicted molar refractivity (Wildman–Crippen MR) is 89.0 cm³/mol. The lowest BCUT2D eigenvalue weighted by molar-refractivity contribution is -0.139. The molecule has 25 heavy (non-hydrogen) atoms. The third-order valence-electron chi connectivity index (χ3n) is 4.34. The number of aromatic nitrogens is 2. The Hall–Kier alpha value is -2.39. The number of carbonyl (C=O) groups is 1. The summed E-state index contributed by atoms with van der Waals surface area (Å²) in [7, 11) is -2.34. The van der Waals surface area contributed by atoms with Gasteiger partial charge >= 0.3 is 5.97 Å². The normalized spacial score (nSPS) is 14.8. The number of carboxylic acid groups (broad SMARTS) is 1. The van der Waals surface area contributed by atoms with Gasteiger partial charge in [-0.05, 0) is 37.6 Å². The van der Waals surface area contributed by atoms with Crippen LogP contribution in [-0.2, 0) is 28.3 Å². The van der Waals surface area contributed by atoms with E-state index in [9.17, 15) is 18.3 Å². The van der Waals surface area contributed by atoms with Crippen molar-refractivity contribution in [2.75, 3.05) is 6.61 Å². The molecule has 0 aliphatic carbocycles. The lowest BCUT2D eigenvalue weighted by Crippen LogP contribution is -2.34. The number of sulfonamides is 1. The highest BCUT2D eigenvalue weighted by Crippen LogP contribution is 2.29. The molecule has 0 bridgehead atoms. The number of aryl methyl sites for hydroxylation is 2. The Morgan fingerprint density at radius 1 is 1.40 bits per heavy atom. The molecular weight excluding hydrogens is 346 g/mol. The van der Waals surface area contributed by atoms with Crippen molar-refractivity contribution < 1.29 is 23.1 Å². The van der Waals surface area contributed by atoms with Gasteiger partial charge in [0.25, 0.3) is 0 Å². The highest BCUT2D eigenvalue weighted by atomic mass is 32.2. The van der Waals surface area contributed by atoms with E-state index in [1.54, 1.807) is 27.0 Å². The van der Waals surface area contributed by atoms with Gasteiger partial charge in [-0.3, -0.25) is 9.48 Å². The molecule has 1 aliphatic heterocycles. The van der Waals surface area contributed by atoms with Crippen LogP contribution in [0.1, 0.15) is 28.6 Å². The largest absolute Gasteiger partial charge is 0.493 e. The average molecular weight is 365 g/mol. The first-order valence-corrected chi connectivity index (χ1v) is 9.20. The number of hydrogen-bond acceptors (Lipinski definition) is 5. The first kappa shape index (κ1) is 17.4. The van der Waals surface area contributed by atoms with Crippen LogP contribution in [0.4, 0.5) is 0 Å². The summed E-state index contributed by atoms with van der Waals surface area (Å²) in [6, 6.07) is 3.11. The van der Waals surface area contributed by atoms with E-state index in [0.717, 1.165) is 5.56 Å². The van der Waals surface area contributed by atoms with Crippen molar-refractivity contribution in [3.63, 3.8) is 0 Å². The SMILES string of the molecule is Cc1nn(C)c(C)c1C(NS(=O)(=O)c1ccc2c(c1)CCO2)C(=O)O. The van der Waals surface area contributed by atoms with Crippen molar-refractivity contribution in [2.45, 2.75) is 31.2 Å². The number of carboxylic acids is 1. The van der Waals surface area contributed by atoms with Crippen molar-refractivity contribution in [1.29, 1.82) is 0 Å². The van der Waals surface area contributed by atoms with Crippen molar-refractivity contribution >= 4 is 16.0 Å². The predicted octanol–water partition coefficient (Wildman–Crippen LogP) is 1.08. The summed E-state index contributed by atoms with van der Waals surface area (Å²) >= 11 is 0. The minimum absolute atomic E-state index is 0.0159. The maximum atomic E-state index is 12.7. The van der Waals surface area contributed by atoms with Gasteiger partial charge in [0.1, 0.15) is 11.8 Å². The zero-order valence-electron chi connectivity index (χ0n) is 14.1. The molecule has 2 heterocycles. The fraction of sp³-hybridized carbons (Fsp3) is 0.375. The van der Waals surface area contributed by atoms with E-state index in [2.05, 4.69) is 9.82 Å². The molecule has 0 saturated heterocycles. The van der Waals surface area contributed by atoms with Crippen LogP contribution < -0.4 is 9.46 Å². The van der Waals surface area contributed by atoms with E-state index in [1.165, 1.54) is 16.8 Å². The maximum Gasteiger partial charge on any atom is 0.326 e. The molecule has 0 amide bonds. The number of aliphatic carboxylic acids is 1. The fourth-order valence-electron chi connectivity index (χ4n) is 2.99. The number of nitrogens with one attached hydrogen (secondary N) is 1. The van der Waals surface area contributed by atoms with Crippen molar-refractivity contribution in [2.24, 2.45) is 7.05 Å². The summed E-state index contributed by atoms with van der Waals surface area (Å²) in [6.45, 7) is 3.86. The van der Waals surface area contributed by atoms with Crippen LogP contribution in [0.3, 0.4) is 0 Å². The zero-order chi connectivity index (χ0) is 18.4. The van der Waals surface area contributed by atoms with Crippen molar-refractivity contribution in [1.82, 2.24) is 14.5 Å². The summed E-state index contributed by atoms with van der Waals surface area (Å²) in [6.07, 6.45) is 0.627. The molecule has 134 valence electrons. The van der Waals surface area contributed by atoms with E-state index < -0.39 is 22.0 Å². The Bertz CT molecular complexity index is 949. The first-order valence-electron chi connectivity index (χ1n) is 7.71. The minimum Gasteiger partial charge on any atom is -0.493 e. The molecule has 1 aliphatic rings. The maximum absolute atomic E-state index is 12.7. The third-order valence-corrected chi connectivity index (χ3v) is 5.77. The van der Waals surface area contributed by atoms with Gasteiger partial charge in [0, 0.05) is 24.7 Å². The number of ether oxygens (including phenoxy) is 1. The van der Waals surface area contributed by atoms with E-state index in [1.807, 2.05) is 0 Å². The second-order valence-corrected chi connectivity index (χ2v) is 7.68. The second-order valence-electron chi connectivity index (χ2n) is 5.97. The molecule has 2 N–H and O–H groups in total. The molecule has 3 rings (SSSR count). The summed E-state index contributed by atoms with van der Waals surface area (Å²) < 4.78 is 34.6. The molecule has 9 heteroatoms. The van der Waals surface area contributed by atoms with Crippen LogP contribution in [0.25, 0.3) is 0 Å². The van der Waals surface area contributed by atoms with Crippen LogP contribution in [0.2, 0.25) is 0 Å². The van der Waals surface area contributed by atoms with Gasteiger partial charge in [-0.2, -0.15) is 9.82 Å². The van der Waals surface area contributed by atoms with Crippen LogP contribution in [-0.4, -0.2) is 35.9 Å². The molecule has 0 saturated carbocycles. The number of benzene rings is 1. The van der Waals surface area contributed by atoms with Gasteiger partial charge in [0.15, 0.2) is 0 Å². The van der Waals surface area contributed by atoms with Crippen LogP contribution in [0, 0.1) is 13.8 Å². The highest BCUT2D eigenvalue weighted by molar-refractivity contribution is 7.89. The topological polar surface area (TPSA) is 111 Å². The molecule has 0 fully saturated rings. The van der Waals surface area contributed by atoms with Gasteiger partial charge in [-0.15, -0.1) is 0 Å².